The molecule has 142 valence electrons. The van der Waals surface area contributed by atoms with Gasteiger partial charge in [-0.1, -0.05) is 42.5 Å². The Bertz CT molecular complexity index is 776. The molecule has 2 aromatic rings. The van der Waals surface area contributed by atoms with E-state index in [-0.39, 0.29) is 24.7 Å². The largest absolute Gasteiger partial charge is 0.394 e. The average molecular weight is 366 g/mol. The first-order valence-electron chi connectivity index (χ1n) is 9.26. The van der Waals surface area contributed by atoms with Crippen molar-refractivity contribution in [3.8, 4) is 0 Å². The van der Waals surface area contributed by atoms with Crippen LogP contribution in [-0.2, 0) is 9.53 Å². The monoisotopic (exact) mass is 366 g/mol. The Morgan fingerprint density at radius 1 is 1.30 bits per heavy atom. The molecule has 0 bridgehead atoms. The van der Waals surface area contributed by atoms with Gasteiger partial charge in [-0.15, -0.1) is 0 Å². The lowest BCUT2D eigenvalue weighted by atomic mass is 10.1. The van der Waals surface area contributed by atoms with Crippen molar-refractivity contribution in [3.63, 3.8) is 0 Å². The zero-order valence-corrected chi connectivity index (χ0v) is 15.5. The summed E-state index contributed by atoms with van der Waals surface area (Å²) in [6, 6.07) is 17.8. The van der Waals surface area contributed by atoms with E-state index < -0.39 is 0 Å². The van der Waals surface area contributed by atoms with Crippen LogP contribution in [0.4, 0.5) is 5.69 Å². The van der Waals surface area contributed by atoms with Gasteiger partial charge in [-0.05, 0) is 36.3 Å². The maximum absolute atomic E-state index is 12.2. The Labute approximate surface area is 160 Å². The Hall–Kier alpha value is -2.63. The lowest BCUT2D eigenvalue weighted by Gasteiger charge is -2.34. The number of aliphatic hydroxyl groups is 1. The number of nitrogens with zero attached hydrogens (tertiary/aromatic N) is 1. The van der Waals surface area contributed by atoms with Gasteiger partial charge in [0, 0.05) is 24.9 Å². The summed E-state index contributed by atoms with van der Waals surface area (Å²) in [5.41, 5.74) is 3.12. The van der Waals surface area contributed by atoms with Crippen molar-refractivity contribution in [2.75, 3.05) is 31.2 Å². The second kappa shape index (κ2) is 9.35. The molecule has 1 fully saturated rings. The molecule has 0 spiro atoms. The Kier molecular flexibility index (Phi) is 6.63. The summed E-state index contributed by atoms with van der Waals surface area (Å²) in [4.78, 5) is 14.4. The van der Waals surface area contributed by atoms with E-state index >= 15 is 0 Å². The zero-order chi connectivity index (χ0) is 19.1. The molecule has 0 saturated carbocycles. The van der Waals surface area contributed by atoms with Gasteiger partial charge >= 0.3 is 0 Å². The number of hydrogen-bond donors (Lipinski definition) is 2. The first-order valence-corrected chi connectivity index (χ1v) is 9.26. The van der Waals surface area contributed by atoms with E-state index in [0.29, 0.717) is 13.2 Å². The molecule has 5 nitrogen and oxygen atoms in total. The second-order valence-electron chi connectivity index (χ2n) is 6.69. The second-order valence-corrected chi connectivity index (χ2v) is 6.69. The highest BCUT2D eigenvalue weighted by Crippen LogP contribution is 2.22. The predicted molar refractivity (Wildman–Crippen MR) is 108 cm³/mol. The number of ether oxygens (including phenoxy) is 1. The van der Waals surface area contributed by atoms with Crippen molar-refractivity contribution in [2.45, 2.75) is 19.1 Å². The quantitative estimate of drug-likeness (QED) is 0.772. The van der Waals surface area contributed by atoms with E-state index in [2.05, 4.69) is 16.3 Å². The van der Waals surface area contributed by atoms with E-state index in [1.807, 2.05) is 55.5 Å². The molecule has 2 aromatic carbocycles. The minimum absolute atomic E-state index is 0.0242. The molecule has 0 aromatic heterocycles. The summed E-state index contributed by atoms with van der Waals surface area (Å²) in [7, 11) is 0. The highest BCUT2D eigenvalue weighted by molar-refractivity contribution is 5.91. The van der Waals surface area contributed by atoms with E-state index in [9.17, 15) is 9.90 Å². The van der Waals surface area contributed by atoms with Crippen molar-refractivity contribution in [1.82, 2.24) is 5.32 Å². The highest BCUT2D eigenvalue weighted by atomic mass is 16.5. The first kappa shape index (κ1) is 19.1. The molecule has 1 amide bonds. The molecule has 1 aliphatic heterocycles. The molecule has 27 heavy (non-hydrogen) atoms. The van der Waals surface area contributed by atoms with Crippen LogP contribution in [0.3, 0.4) is 0 Å². The van der Waals surface area contributed by atoms with Crippen LogP contribution in [0.1, 0.15) is 24.1 Å². The summed E-state index contributed by atoms with van der Waals surface area (Å²) < 4.78 is 5.52. The van der Waals surface area contributed by atoms with Gasteiger partial charge in [0.25, 0.3) is 0 Å². The summed E-state index contributed by atoms with van der Waals surface area (Å²) in [6.07, 6.45) is 3.22. The predicted octanol–water partition coefficient (Wildman–Crippen LogP) is 2.77. The van der Waals surface area contributed by atoms with Gasteiger partial charge in [-0.2, -0.15) is 0 Å². The maximum atomic E-state index is 12.2. The number of rotatable bonds is 6. The molecule has 2 N–H and O–H groups in total. The first-order chi connectivity index (χ1) is 13.2. The molecule has 1 aliphatic rings. The molecule has 1 heterocycles. The fourth-order valence-corrected chi connectivity index (χ4v) is 3.14. The van der Waals surface area contributed by atoms with Gasteiger partial charge in [0.15, 0.2) is 0 Å². The highest BCUT2D eigenvalue weighted by Gasteiger charge is 2.20. The standard InChI is InChI=1S/C22H26N2O3/c1-17(23-22(26)11-10-18-6-3-2-4-7-18)19-8-5-9-20(14-19)24-12-13-27-21(15-24)16-25/h2-11,14,17,21,25H,12-13,15-16H2,1H3,(H,23,26)/b11-10+. The number of carbonyl (C=O) groups is 1. The minimum Gasteiger partial charge on any atom is -0.394 e. The third kappa shape index (κ3) is 5.42. The van der Waals surface area contributed by atoms with Crippen molar-refractivity contribution in [2.24, 2.45) is 0 Å². The van der Waals surface area contributed by atoms with Crippen LogP contribution in [0.2, 0.25) is 0 Å². The minimum atomic E-state index is -0.150. The normalized spacial score (nSPS) is 18.4. The van der Waals surface area contributed by atoms with Gasteiger partial charge in [-0.3, -0.25) is 4.79 Å². The number of amides is 1. The molecular formula is C22H26N2O3. The van der Waals surface area contributed by atoms with Crippen LogP contribution in [0.5, 0.6) is 0 Å². The molecule has 3 rings (SSSR count). The van der Waals surface area contributed by atoms with Gasteiger partial charge < -0.3 is 20.1 Å². The van der Waals surface area contributed by atoms with E-state index in [0.717, 1.165) is 23.4 Å². The molecular weight excluding hydrogens is 340 g/mol. The van der Waals surface area contributed by atoms with E-state index in [1.165, 1.54) is 0 Å². The Morgan fingerprint density at radius 2 is 2.11 bits per heavy atom. The topological polar surface area (TPSA) is 61.8 Å². The lowest BCUT2D eigenvalue weighted by molar-refractivity contribution is -0.117. The van der Waals surface area contributed by atoms with E-state index in [1.54, 1.807) is 12.2 Å². The molecule has 0 aliphatic carbocycles. The summed E-state index contributed by atoms with van der Waals surface area (Å²) >= 11 is 0. The smallest absolute Gasteiger partial charge is 0.244 e. The Morgan fingerprint density at radius 3 is 2.89 bits per heavy atom. The number of benzene rings is 2. The number of nitrogens with one attached hydrogen (secondary N) is 1. The molecule has 2 unspecified atom stereocenters. The third-order valence-electron chi connectivity index (χ3n) is 4.66. The molecule has 0 radical (unpaired) electrons. The number of carbonyl (C=O) groups excluding carboxylic acids is 1. The van der Waals surface area contributed by atoms with Gasteiger partial charge in [0.05, 0.1) is 25.4 Å². The van der Waals surface area contributed by atoms with E-state index in [4.69, 9.17) is 4.74 Å². The number of aliphatic hydroxyl groups excluding tert-OH is 1. The molecule has 2 atom stereocenters. The van der Waals surface area contributed by atoms with Crippen molar-refractivity contribution < 1.29 is 14.6 Å². The van der Waals surface area contributed by atoms with Gasteiger partial charge in [-0.25, -0.2) is 0 Å². The SMILES string of the molecule is CC(NC(=O)/C=C/c1ccccc1)c1cccc(N2CCOC(CO)C2)c1. The fraction of sp³-hybridized carbons (Fsp3) is 0.318. The van der Waals surface area contributed by atoms with Gasteiger partial charge in [0.2, 0.25) is 5.91 Å². The maximum Gasteiger partial charge on any atom is 0.244 e. The zero-order valence-electron chi connectivity index (χ0n) is 15.5. The van der Waals surface area contributed by atoms with Crippen LogP contribution in [0, 0.1) is 0 Å². The summed E-state index contributed by atoms with van der Waals surface area (Å²) in [5, 5.41) is 12.3. The third-order valence-corrected chi connectivity index (χ3v) is 4.66. The van der Waals surface area contributed by atoms with Crippen LogP contribution in [0.15, 0.2) is 60.7 Å². The molecule has 5 heteroatoms. The van der Waals surface area contributed by atoms with Crippen LogP contribution < -0.4 is 10.2 Å². The summed E-state index contributed by atoms with van der Waals surface area (Å²) in [5.74, 6) is -0.122. The van der Waals surface area contributed by atoms with Crippen LogP contribution >= 0.6 is 0 Å². The number of hydrogen-bond acceptors (Lipinski definition) is 4. The average Bonchev–Trinajstić information content (AvgIpc) is 2.73. The fourth-order valence-electron chi connectivity index (χ4n) is 3.14. The lowest BCUT2D eigenvalue weighted by Crippen LogP contribution is -2.44. The van der Waals surface area contributed by atoms with Crippen molar-refractivity contribution >= 4 is 17.7 Å². The number of morpholine rings is 1. The molecule has 1 saturated heterocycles. The van der Waals surface area contributed by atoms with Crippen LogP contribution in [0.25, 0.3) is 6.08 Å². The van der Waals surface area contributed by atoms with Crippen molar-refractivity contribution in [1.29, 1.82) is 0 Å². The number of anilines is 1. The van der Waals surface area contributed by atoms with Crippen molar-refractivity contribution in [3.05, 3.63) is 71.8 Å². The van der Waals surface area contributed by atoms with Crippen LogP contribution in [-0.4, -0.2) is 43.4 Å². The van der Waals surface area contributed by atoms with Gasteiger partial charge in [0.1, 0.15) is 0 Å². The summed E-state index contributed by atoms with van der Waals surface area (Å²) in [6.45, 7) is 4.06. The Balaban J connectivity index is 1.62.